The van der Waals surface area contributed by atoms with Crippen molar-refractivity contribution in [3.63, 3.8) is 0 Å². The Morgan fingerprint density at radius 3 is 2.81 bits per heavy atom. The molecule has 0 aliphatic heterocycles. The fourth-order valence-electron chi connectivity index (χ4n) is 2.21. The minimum Gasteiger partial charge on any atom is -0.480 e. The summed E-state index contributed by atoms with van der Waals surface area (Å²) in [5.74, 6) is -1.45. The van der Waals surface area contributed by atoms with Gasteiger partial charge in [0.2, 0.25) is 5.95 Å². The van der Waals surface area contributed by atoms with E-state index in [4.69, 9.17) is 28.3 Å². The van der Waals surface area contributed by atoms with Crippen molar-refractivity contribution >= 4 is 41.0 Å². The number of nitrogens with zero attached hydrogens (tertiary/aromatic N) is 5. The summed E-state index contributed by atoms with van der Waals surface area (Å²) in [6.07, 6.45) is 4.08. The number of halogens is 2. The number of benzene rings is 1. The lowest BCUT2D eigenvalue weighted by molar-refractivity contribution is -0.140. The van der Waals surface area contributed by atoms with E-state index in [1.165, 1.54) is 35.0 Å². The van der Waals surface area contributed by atoms with Crippen LogP contribution >= 0.6 is 23.2 Å². The van der Waals surface area contributed by atoms with Crippen molar-refractivity contribution in [3.8, 4) is 0 Å². The summed E-state index contributed by atoms with van der Waals surface area (Å²) in [5.41, 5.74) is 0.993. The van der Waals surface area contributed by atoms with Crippen molar-refractivity contribution in [1.82, 2.24) is 24.5 Å². The van der Waals surface area contributed by atoms with Gasteiger partial charge in [-0.05, 0) is 24.6 Å². The van der Waals surface area contributed by atoms with Crippen LogP contribution in [-0.2, 0) is 11.3 Å². The van der Waals surface area contributed by atoms with Crippen LogP contribution in [0.15, 0.2) is 36.9 Å². The standard InChI is InChI=1S/C16H14Cl2N6O3/c1-9(15(26)27)24-7-11(5-20-24)14(25)21-16-19-8-23(22-16)6-10-2-3-12(17)4-13(10)18/h2-5,7-9H,6H2,1H3,(H,26,27)(H,21,22,25). The maximum Gasteiger partial charge on any atom is 0.328 e. The molecular weight excluding hydrogens is 395 g/mol. The van der Waals surface area contributed by atoms with E-state index in [1.807, 2.05) is 0 Å². The Balaban J connectivity index is 1.67. The Kier molecular flexibility index (Phi) is 5.43. The number of carbonyl (C=O) groups excluding carboxylic acids is 1. The van der Waals surface area contributed by atoms with Crippen LogP contribution in [0.2, 0.25) is 10.0 Å². The van der Waals surface area contributed by atoms with Crippen molar-refractivity contribution in [2.75, 3.05) is 5.32 Å². The molecule has 1 aromatic carbocycles. The van der Waals surface area contributed by atoms with Gasteiger partial charge < -0.3 is 5.11 Å². The molecule has 140 valence electrons. The summed E-state index contributed by atoms with van der Waals surface area (Å²) < 4.78 is 2.70. The van der Waals surface area contributed by atoms with Gasteiger partial charge >= 0.3 is 5.97 Å². The van der Waals surface area contributed by atoms with E-state index in [1.54, 1.807) is 18.2 Å². The summed E-state index contributed by atoms with van der Waals surface area (Å²) in [7, 11) is 0. The molecule has 0 aliphatic carbocycles. The summed E-state index contributed by atoms with van der Waals surface area (Å²) in [5, 5.41) is 20.6. The monoisotopic (exact) mass is 408 g/mol. The first-order valence-corrected chi connectivity index (χ1v) is 8.51. The maximum absolute atomic E-state index is 12.2. The van der Waals surface area contributed by atoms with Gasteiger partial charge in [-0.1, -0.05) is 29.3 Å². The van der Waals surface area contributed by atoms with Gasteiger partial charge in [-0.25, -0.2) is 14.5 Å². The normalized spacial score (nSPS) is 12.0. The van der Waals surface area contributed by atoms with Crippen molar-refractivity contribution in [2.24, 2.45) is 0 Å². The van der Waals surface area contributed by atoms with E-state index in [-0.39, 0.29) is 11.5 Å². The molecule has 0 spiro atoms. The number of anilines is 1. The lowest BCUT2D eigenvalue weighted by Gasteiger charge is -2.05. The van der Waals surface area contributed by atoms with Crippen LogP contribution in [0.3, 0.4) is 0 Å². The molecule has 0 saturated heterocycles. The van der Waals surface area contributed by atoms with Crippen LogP contribution in [-0.4, -0.2) is 41.5 Å². The summed E-state index contributed by atoms with van der Waals surface area (Å²) in [4.78, 5) is 27.2. The van der Waals surface area contributed by atoms with E-state index >= 15 is 0 Å². The molecule has 1 amide bonds. The first-order valence-electron chi connectivity index (χ1n) is 7.75. The zero-order valence-electron chi connectivity index (χ0n) is 14.0. The molecule has 3 aromatic rings. The summed E-state index contributed by atoms with van der Waals surface area (Å²) >= 11 is 12.0. The first-order chi connectivity index (χ1) is 12.8. The number of nitrogens with one attached hydrogen (secondary N) is 1. The van der Waals surface area contributed by atoms with Crippen LogP contribution in [0.5, 0.6) is 0 Å². The highest BCUT2D eigenvalue weighted by atomic mass is 35.5. The Hall–Kier alpha value is -2.91. The minimum atomic E-state index is -1.05. The van der Waals surface area contributed by atoms with Crippen LogP contribution in [0, 0.1) is 0 Å². The summed E-state index contributed by atoms with van der Waals surface area (Å²) in [6, 6.07) is 4.25. The molecule has 2 heterocycles. The predicted octanol–water partition coefficient (Wildman–Crippen LogP) is 2.73. The molecule has 2 aromatic heterocycles. The molecule has 0 bridgehead atoms. The number of hydrogen-bond donors (Lipinski definition) is 2. The number of rotatable bonds is 6. The number of aliphatic carboxylic acids is 1. The van der Waals surface area contributed by atoms with Gasteiger partial charge in [0.1, 0.15) is 12.4 Å². The average Bonchev–Trinajstić information content (AvgIpc) is 3.26. The van der Waals surface area contributed by atoms with Crippen molar-refractivity contribution < 1.29 is 14.7 Å². The molecule has 9 nitrogen and oxygen atoms in total. The smallest absolute Gasteiger partial charge is 0.328 e. The highest BCUT2D eigenvalue weighted by molar-refractivity contribution is 6.35. The van der Waals surface area contributed by atoms with Gasteiger partial charge in [0.25, 0.3) is 5.91 Å². The average molecular weight is 409 g/mol. The molecule has 27 heavy (non-hydrogen) atoms. The Bertz CT molecular complexity index is 1000. The Morgan fingerprint density at radius 1 is 1.33 bits per heavy atom. The van der Waals surface area contributed by atoms with Crippen molar-refractivity contribution in [2.45, 2.75) is 19.5 Å². The zero-order chi connectivity index (χ0) is 19.6. The lowest BCUT2D eigenvalue weighted by Crippen LogP contribution is -2.16. The predicted molar refractivity (Wildman–Crippen MR) is 98.1 cm³/mol. The molecule has 11 heteroatoms. The molecule has 1 atom stereocenters. The summed E-state index contributed by atoms with van der Waals surface area (Å²) in [6.45, 7) is 1.81. The number of hydrogen-bond acceptors (Lipinski definition) is 5. The third kappa shape index (κ3) is 4.44. The van der Waals surface area contributed by atoms with E-state index in [0.29, 0.717) is 16.6 Å². The fraction of sp³-hybridized carbons (Fsp3) is 0.188. The molecule has 1 unspecified atom stereocenters. The van der Waals surface area contributed by atoms with E-state index in [9.17, 15) is 9.59 Å². The zero-order valence-corrected chi connectivity index (χ0v) is 15.5. The molecule has 0 radical (unpaired) electrons. The highest BCUT2D eigenvalue weighted by Gasteiger charge is 2.17. The Morgan fingerprint density at radius 2 is 2.11 bits per heavy atom. The second-order valence-electron chi connectivity index (χ2n) is 5.68. The van der Waals surface area contributed by atoms with Gasteiger partial charge in [0.05, 0.1) is 18.3 Å². The van der Waals surface area contributed by atoms with Crippen molar-refractivity contribution in [1.29, 1.82) is 0 Å². The fourth-order valence-corrected chi connectivity index (χ4v) is 2.67. The molecule has 2 N–H and O–H groups in total. The van der Waals surface area contributed by atoms with Crippen LogP contribution in [0.4, 0.5) is 5.95 Å². The van der Waals surface area contributed by atoms with Crippen LogP contribution in [0.25, 0.3) is 0 Å². The van der Waals surface area contributed by atoms with Crippen LogP contribution < -0.4 is 5.32 Å². The lowest BCUT2D eigenvalue weighted by atomic mass is 10.2. The van der Waals surface area contributed by atoms with E-state index in [2.05, 4.69) is 20.5 Å². The molecule has 0 aliphatic rings. The number of carbonyl (C=O) groups is 2. The van der Waals surface area contributed by atoms with E-state index in [0.717, 1.165) is 5.56 Å². The topological polar surface area (TPSA) is 115 Å². The molecular formula is C16H14Cl2N6O3. The molecule has 3 rings (SSSR count). The van der Waals surface area contributed by atoms with E-state index < -0.39 is 17.9 Å². The number of amides is 1. The van der Waals surface area contributed by atoms with Gasteiger partial charge in [-0.3, -0.25) is 14.8 Å². The van der Waals surface area contributed by atoms with Gasteiger partial charge in [0.15, 0.2) is 0 Å². The van der Waals surface area contributed by atoms with Gasteiger partial charge in [0, 0.05) is 16.2 Å². The molecule has 0 fully saturated rings. The first kappa shape index (κ1) is 18.9. The van der Waals surface area contributed by atoms with Crippen molar-refractivity contribution in [3.05, 3.63) is 58.1 Å². The highest BCUT2D eigenvalue weighted by Crippen LogP contribution is 2.21. The van der Waals surface area contributed by atoms with Gasteiger partial charge in [-0.2, -0.15) is 5.10 Å². The SMILES string of the molecule is CC(C(=O)O)n1cc(C(=O)Nc2ncn(Cc3ccc(Cl)cc3Cl)n2)cn1. The second kappa shape index (κ2) is 7.77. The third-order valence-corrected chi connectivity index (χ3v) is 4.31. The van der Waals surface area contributed by atoms with Crippen LogP contribution in [0.1, 0.15) is 28.9 Å². The number of carboxylic acid groups (broad SMARTS) is 1. The van der Waals surface area contributed by atoms with Gasteiger partial charge in [-0.15, -0.1) is 5.10 Å². The largest absolute Gasteiger partial charge is 0.480 e. The molecule has 0 saturated carbocycles. The third-order valence-electron chi connectivity index (χ3n) is 3.73. The maximum atomic E-state index is 12.2. The second-order valence-corrected chi connectivity index (χ2v) is 6.52. The minimum absolute atomic E-state index is 0.101. The Labute approximate surface area is 163 Å². The number of carboxylic acids is 1. The number of aromatic nitrogens is 5. The quantitative estimate of drug-likeness (QED) is 0.647.